The highest BCUT2D eigenvalue weighted by Crippen LogP contribution is 2.51. The second-order valence-electron chi connectivity index (χ2n) is 7.81. The standard InChI is InChI=1S/C21H28N4/c1-5-14(4)22-21-23-18(13(2)3)11-20(24-21)25-12-15-10-19(25)17-9-7-6-8-16(15)17/h6-9,11,13-15,19H,5,10,12H2,1-4H3,(H,22,23,24)/t14-,15+,19-/m0/s1. The fourth-order valence-corrected chi connectivity index (χ4v) is 4.08. The molecule has 1 aromatic heterocycles. The van der Waals surface area contributed by atoms with Crippen LogP contribution in [0.2, 0.25) is 0 Å². The molecule has 2 bridgehead atoms. The SMILES string of the molecule is CC[C@H](C)Nc1nc(C(C)C)cc(N2C[C@H]3C[C@H]2c2ccccc23)n1. The summed E-state index contributed by atoms with van der Waals surface area (Å²) in [6.07, 6.45) is 2.28. The van der Waals surface area contributed by atoms with Crippen LogP contribution in [0.25, 0.3) is 0 Å². The number of aromatic nitrogens is 2. The zero-order valence-corrected chi connectivity index (χ0v) is 15.7. The number of hydrogen-bond donors (Lipinski definition) is 1. The van der Waals surface area contributed by atoms with Gasteiger partial charge in [-0.25, -0.2) is 4.98 Å². The third-order valence-electron chi connectivity index (χ3n) is 5.70. The van der Waals surface area contributed by atoms with Crippen LogP contribution in [0.5, 0.6) is 0 Å². The van der Waals surface area contributed by atoms with Gasteiger partial charge in [-0.05, 0) is 36.8 Å². The topological polar surface area (TPSA) is 41.1 Å². The molecule has 0 spiro atoms. The van der Waals surface area contributed by atoms with Crippen LogP contribution in [0.4, 0.5) is 11.8 Å². The van der Waals surface area contributed by atoms with Crippen molar-refractivity contribution in [3.05, 3.63) is 47.2 Å². The van der Waals surface area contributed by atoms with E-state index >= 15 is 0 Å². The molecule has 1 aliphatic carbocycles. The fourth-order valence-electron chi connectivity index (χ4n) is 4.08. The minimum Gasteiger partial charge on any atom is -0.352 e. The monoisotopic (exact) mass is 336 g/mol. The molecular weight excluding hydrogens is 308 g/mol. The quantitative estimate of drug-likeness (QED) is 0.846. The van der Waals surface area contributed by atoms with Gasteiger partial charge in [-0.2, -0.15) is 4.98 Å². The number of rotatable bonds is 5. The van der Waals surface area contributed by atoms with Crippen LogP contribution in [0.3, 0.4) is 0 Å². The summed E-state index contributed by atoms with van der Waals surface area (Å²) in [4.78, 5) is 12.1. The van der Waals surface area contributed by atoms with E-state index in [2.05, 4.69) is 68.2 Å². The van der Waals surface area contributed by atoms with Gasteiger partial charge in [-0.3, -0.25) is 0 Å². The predicted molar refractivity (Wildman–Crippen MR) is 103 cm³/mol. The van der Waals surface area contributed by atoms with E-state index < -0.39 is 0 Å². The van der Waals surface area contributed by atoms with Crippen LogP contribution in [-0.4, -0.2) is 22.6 Å². The van der Waals surface area contributed by atoms with E-state index in [0.717, 1.165) is 30.4 Å². The molecule has 1 fully saturated rings. The van der Waals surface area contributed by atoms with Crippen LogP contribution in [0.1, 0.15) is 75.2 Å². The van der Waals surface area contributed by atoms with Crippen LogP contribution in [-0.2, 0) is 0 Å². The first-order valence-electron chi connectivity index (χ1n) is 9.57. The van der Waals surface area contributed by atoms with Gasteiger partial charge in [0.1, 0.15) is 5.82 Å². The van der Waals surface area contributed by atoms with Crippen molar-refractivity contribution in [2.45, 2.75) is 64.5 Å². The van der Waals surface area contributed by atoms with Gasteiger partial charge in [0, 0.05) is 24.6 Å². The van der Waals surface area contributed by atoms with Crippen LogP contribution in [0, 0.1) is 0 Å². The fraction of sp³-hybridized carbons (Fsp3) is 0.524. The number of nitrogens with one attached hydrogen (secondary N) is 1. The van der Waals surface area contributed by atoms with Gasteiger partial charge >= 0.3 is 0 Å². The molecule has 2 aromatic rings. The van der Waals surface area contributed by atoms with E-state index in [1.807, 2.05) is 0 Å². The minimum atomic E-state index is 0.381. The molecule has 132 valence electrons. The summed E-state index contributed by atoms with van der Waals surface area (Å²) in [7, 11) is 0. The predicted octanol–water partition coefficient (Wildman–Crippen LogP) is 4.86. The van der Waals surface area contributed by atoms with Crippen molar-refractivity contribution in [1.82, 2.24) is 9.97 Å². The lowest BCUT2D eigenvalue weighted by atomic mass is 9.99. The van der Waals surface area contributed by atoms with Gasteiger partial charge in [-0.15, -0.1) is 0 Å². The van der Waals surface area contributed by atoms with Crippen molar-refractivity contribution in [3.63, 3.8) is 0 Å². The third kappa shape index (κ3) is 2.88. The maximum Gasteiger partial charge on any atom is 0.225 e. The van der Waals surface area contributed by atoms with Gasteiger partial charge in [-0.1, -0.05) is 45.0 Å². The third-order valence-corrected chi connectivity index (χ3v) is 5.70. The van der Waals surface area contributed by atoms with Crippen molar-refractivity contribution in [1.29, 1.82) is 0 Å². The van der Waals surface area contributed by atoms with E-state index in [9.17, 15) is 0 Å². The van der Waals surface area contributed by atoms with Crippen molar-refractivity contribution in [2.24, 2.45) is 0 Å². The highest BCUT2D eigenvalue weighted by atomic mass is 15.3. The Morgan fingerprint density at radius 3 is 2.64 bits per heavy atom. The molecule has 4 nitrogen and oxygen atoms in total. The van der Waals surface area contributed by atoms with E-state index in [-0.39, 0.29) is 0 Å². The minimum absolute atomic E-state index is 0.381. The van der Waals surface area contributed by atoms with E-state index in [0.29, 0.717) is 23.9 Å². The lowest BCUT2D eigenvalue weighted by Crippen LogP contribution is -2.29. The normalized spacial score (nSPS) is 22.4. The molecule has 2 heterocycles. The summed E-state index contributed by atoms with van der Waals surface area (Å²) in [6, 6.07) is 11.9. The number of nitrogens with zero attached hydrogens (tertiary/aromatic N) is 3. The lowest BCUT2D eigenvalue weighted by molar-refractivity contribution is 0.713. The molecule has 4 heteroatoms. The van der Waals surface area contributed by atoms with Crippen molar-refractivity contribution < 1.29 is 0 Å². The highest BCUT2D eigenvalue weighted by Gasteiger charge is 2.42. The first-order chi connectivity index (χ1) is 12.1. The van der Waals surface area contributed by atoms with Crippen LogP contribution < -0.4 is 10.2 Å². The number of hydrogen-bond acceptors (Lipinski definition) is 4. The molecule has 0 saturated carbocycles. The summed E-state index contributed by atoms with van der Waals surface area (Å²) in [5.41, 5.74) is 4.14. The molecule has 4 rings (SSSR count). The first kappa shape index (κ1) is 16.4. The maximum atomic E-state index is 4.88. The molecule has 1 aliphatic heterocycles. The summed E-state index contributed by atoms with van der Waals surface area (Å²) in [5, 5.41) is 3.47. The molecule has 0 unspecified atom stereocenters. The number of anilines is 2. The van der Waals surface area contributed by atoms with Gasteiger partial charge in [0.15, 0.2) is 0 Å². The molecule has 2 aliphatic rings. The second kappa shape index (κ2) is 6.32. The smallest absolute Gasteiger partial charge is 0.225 e. The molecule has 1 saturated heterocycles. The Morgan fingerprint density at radius 2 is 1.92 bits per heavy atom. The van der Waals surface area contributed by atoms with Crippen molar-refractivity contribution in [2.75, 3.05) is 16.8 Å². The van der Waals surface area contributed by atoms with E-state index in [1.54, 1.807) is 5.56 Å². The second-order valence-corrected chi connectivity index (χ2v) is 7.81. The number of fused-ring (bicyclic) bond motifs is 5. The molecular formula is C21H28N4. The molecule has 3 atom stereocenters. The van der Waals surface area contributed by atoms with Crippen molar-refractivity contribution in [3.8, 4) is 0 Å². The average molecular weight is 336 g/mol. The molecule has 0 amide bonds. The molecule has 1 N–H and O–H groups in total. The van der Waals surface area contributed by atoms with E-state index in [4.69, 9.17) is 9.97 Å². The summed E-state index contributed by atoms with van der Waals surface area (Å²) in [5.74, 6) is 2.88. The first-order valence-corrected chi connectivity index (χ1v) is 9.57. The number of benzene rings is 1. The zero-order valence-electron chi connectivity index (χ0n) is 15.7. The summed E-state index contributed by atoms with van der Waals surface area (Å²) in [6.45, 7) is 9.83. The van der Waals surface area contributed by atoms with Gasteiger partial charge < -0.3 is 10.2 Å². The van der Waals surface area contributed by atoms with E-state index in [1.165, 1.54) is 12.0 Å². The molecule has 0 radical (unpaired) electrons. The average Bonchev–Trinajstić information content (AvgIpc) is 3.21. The molecule has 1 aromatic carbocycles. The summed E-state index contributed by atoms with van der Waals surface area (Å²) >= 11 is 0. The Labute approximate surface area is 150 Å². The Hall–Kier alpha value is -2.10. The van der Waals surface area contributed by atoms with Gasteiger partial charge in [0.2, 0.25) is 5.95 Å². The van der Waals surface area contributed by atoms with Gasteiger partial charge in [0.25, 0.3) is 0 Å². The molecule has 25 heavy (non-hydrogen) atoms. The van der Waals surface area contributed by atoms with Crippen molar-refractivity contribution >= 4 is 11.8 Å². The van der Waals surface area contributed by atoms with Crippen LogP contribution >= 0.6 is 0 Å². The zero-order chi connectivity index (χ0) is 17.6. The Morgan fingerprint density at radius 1 is 1.16 bits per heavy atom. The Bertz CT molecular complexity index is 770. The Kier molecular flexibility index (Phi) is 4.14. The highest BCUT2D eigenvalue weighted by molar-refractivity contribution is 5.55. The maximum absolute atomic E-state index is 4.88. The van der Waals surface area contributed by atoms with Gasteiger partial charge in [0.05, 0.1) is 11.7 Å². The largest absolute Gasteiger partial charge is 0.352 e. The Balaban J connectivity index is 1.69. The summed E-state index contributed by atoms with van der Waals surface area (Å²) < 4.78 is 0. The van der Waals surface area contributed by atoms with Crippen LogP contribution in [0.15, 0.2) is 30.3 Å². The lowest BCUT2D eigenvalue weighted by Gasteiger charge is -2.30.